The van der Waals surface area contributed by atoms with E-state index in [4.69, 9.17) is 14.2 Å². The molecule has 0 aliphatic heterocycles. The minimum atomic E-state index is -0.576. The van der Waals surface area contributed by atoms with E-state index in [1.54, 1.807) is 29.8 Å². The van der Waals surface area contributed by atoms with Crippen molar-refractivity contribution in [3.05, 3.63) is 40.3 Å². The molecule has 10 nitrogen and oxygen atoms in total. The highest BCUT2D eigenvalue weighted by Crippen LogP contribution is 2.21. The number of methoxy groups -OCH3 is 3. The van der Waals surface area contributed by atoms with Gasteiger partial charge < -0.3 is 18.8 Å². The molecule has 1 amide bonds. The van der Waals surface area contributed by atoms with Crippen LogP contribution in [0.5, 0.6) is 5.88 Å². The van der Waals surface area contributed by atoms with Gasteiger partial charge in [-0.2, -0.15) is 4.99 Å². The summed E-state index contributed by atoms with van der Waals surface area (Å²) in [4.78, 5) is 40.8. The third kappa shape index (κ3) is 4.04. The molecule has 2 heterocycles. The van der Waals surface area contributed by atoms with Gasteiger partial charge in [0.2, 0.25) is 5.88 Å². The van der Waals surface area contributed by atoms with Crippen molar-refractivity contribution >= 4 is 39.4 Å². The first kappa shape index (κ1) is 20.3. The van der Waals surface area contributed by atoms with E-state index in [9.17, 15) is 14.4 Å². The summed E-state index contributed by atoms with van der Waals surface area (Å²) >= 11 is 1.15. The molecule has 29 heavy (non-hydrogen) atoms. The number of amides is 1. The van der Waals surface area contributed by atoms with Gasteiger partial charge in [0.05, 0.1) is 37.1 Å². The number of rotatable bonds is 5. The van der Waals surface area contributed by atoms with Crippen molar-refractivity contribution in [3.8, 4) is 5.88 Å². The molecule has 3 rings (SSSR count). The van der Waals surface area contributed by atoms with E-state index in [1.807, 2.05) is 0 Å². The molecule has 0 spiro atoms. The molecule has 0 radical (unpaired) electrons. The van der Waals surface area contributed by atoms with Crippen LogP contribution in [0.3, 0.4) is 0 Å². The summed E-state index contributed by atoms with van der Waals surface area (Å²) in [5.74, 6) is -1.42. The summed E-state index contributed by atoms with van der Waals surface area (Å²) in [6.45, 7) is -0.148. The first-order valence-corrected chi connectivity index (χ1v) is 9.14. The topological polar surface area (TPSA) is 114 Å². The highest BCUT2D eigenvalue weighted by atomic mass is 32.1. The Morgan fingerprint density at radius 2 is 1.93 bits per heavy atom. The molecule has 152 valence electrons. The van der Waals surface area contributed by atoms with E-state index in [0.717, 1.165) is 11.3 Å². The fraction of sp³-hybridized carbons (Fsp3) is 0.278. The van der Waals surface area contributed by atoms with Crippen LogP contribution in [0.4, 0.5) is 0 Å². The largest absolute Gasteiger partial charge is 0.479 e. The average molecular weight is 418 g/mol. The summed E-state index contributed by atoms with van der Waals surface area (Å²) in [7, 11) is 5.63. The number of aromatic nitrogens is 3. The van der Waals surface area contributed by atoms with Crippen LogP contribution >= 0.6 is 11.3 Å². The number of hydrogen-bond donors (Lipinski definition) is 0. The zero-order valence-electron chi connectivity index (χ0n) is 16.2. The van der Waals surface area contributed by atoms with E-state index in [-0.39, 0.29) is 22.8 Å². The second kappa shape index (κ2) is 8.27. The maximum atomic E-state index is 12.7. The molecule has 0 saturated heterocycles. The molecule has 1 aromatic carbocycles. The Morgan fingerprint density at radius 3 is 2.59 bits per heavy atom. The van der Waals surface area contributed by atoms with Crippen LogP contribution in [0.25, 0.3) is 10.2 Å². The molecule has 11 heteroatoms. The van der Waals surface area contributed by atoms with Crippen LogP contribution < -0.4 is 9.54 Å². The van der Waals surface area contributed by atoms with Gasteiger partial charge in [-0.3, -0.25) is 14.3 Å². The van der Waals surface area contributed by atoms with E-state index in [0.29, 0.717) is 15.8 Å². The van der Waals surface area contributed by atoms with Gasteiger partial charge in [-0.05, 0) is 18.2 Å². The number of carbonyl (C=O) groups is 3. The highest BCUT2D eigenvalue weighted by Gasteiger charge is 2.18. The van der Waals surface area contributed by atoms with Crippen molar-refractivity contribution in [3.63, 3.8) is 0 Å². The molecule has 0 unspecified atom stereocenters. The van der Waals surface area contributed by atoms with Crippen LogP contribution in [0.1, 0.15) is 20.7 Å². The highest BCUT2D eigenvalue weighted by molar-refractivity contribution is 7.16. The molecule has 2 aromatic heterocycles. The minimum Gasteiger partial charge on any atom is -0.479 e. The molecule has 0 fully saturated rings. The van der Waals surface area contributed by atoms with Crippen LogP contribution in [-0.2, 0) is 27.9 Å². The number of thiazole rings is 1. The lowest BCUT2D eigenvalue weighted by atomic mass is 10.2. The zero-order valence-corrected chi connectivity index (χ0v) is 17.0. The summed E-state index contributed by atoms with van der Waals surface area (Å²) in [6.07, 6.45) is 1.50. The number of esters is 2. The van der Waals surface area contributed by atoms with Crippen LogP contribution in [0.15, 0.2) is 29.4 Å². The first-order chi connectivity index (χ1) is 13.9. The number of ether oxygens (including phenoxy) is 3. The summed E-state index contributed by atoms with van der Waals surface area (Å²) < 4.78 is 18.2. The Labute approximate surface area is 168 Å². The van der Waals surface area contributed by atoms with E-state index >= 15 is 0 Å². The number of hydrogen-bond acceptors (Lipinski definition) is 8. The second-order valence-corrected chi connectivity index (χ2v) is 6.87. The van der Waals surface area contributed by atoms with Gasteiger partial charge in [0.25, 0.3) is 5.91 Å². The lowest BCUT2D eigenvalue weighted by Gasteiger charge is -2.04. The fourth-order valence-electron chi connectivity index (χ4n) is 2.66. The molecule has 0 saturated carbocycles. The van der Waals surface area contributed by atoms with E-state index in [1.165, 1.54) is 32.2 Å². The Morgan fingerprint density at radius 1 is 1.17 bits per heavy atom. The minimum absolute atomic E-state index is 0.148. The monoisotopic (exact) mass is 418 g/mol. The van der Waals surface area contributed by atoms with Gasteiger partial charge in [0.1, 0.15) is 12.1 Å². The second-order valence-electron chi connectivity index (χ2n) is 5.86. The van der Waals surface area contributed by atoms with Crippen LogP contribution in [0.2, 0.25) is 0 Å². The van der Waals surface area contributed by atoms with Crippen molar-refractivity contribution in [1.29, 1.82) is 0 Å². The van der Waals surface area contributed by atoms with Gasteiger partial charge in [-0.1, -0.05) is 11.3 Å². The van der Waals surface area contributed by atoms with Gasteiger partial charge in [-0.15, -0.1) is 5.10 Å². The van der Waals surface area contributed by atoms with E-state index in [2.05, 4.69) is 10.1 Å². The molecule has 0 N–H and O–H groups in total. The van der Waals surface area contributed by atoms with Crippen LogP contribution in [-0.4, -0.2) is 53.5 Å². The first-order valence-electron chi connectivity index (χ1n) is 8.33. The predicted octanol–water partition coefficient (Wildman–Crippen LogP) is 1.15. The standard InChI is InChI=1S/C18H18N4O6S/c1-21-8-11(16(20-21)27-3)15(24)19-18-22(9-14(23)26-2)12-6-5-10(17(25)28-4)7-13(12)29-18/h5-8H,9H2,1-4H3. The Kier molecular flexibility index (Phi) is 5.78. The number of carbonyl (C=O) groups excluding carboxylic acids is 3. The Hall–Kier alpha value is -3.47. The van der Waals surface area contributed by atoms with Crippen LogP contribution in [0, 0.1) is 0 Å². The number of benzene rings is 1. The SMILES string of the molecule is COC(=O)Cn1c(=NC(=O)c2cn(C)nc2OC)sc2cc(C(=O)OC)ccc21. The quantitative estimate of drug-likeness (QED) is 0.571. The molecule has 0 bridgehead atoms. The maximum absolute atomic E-state index is 12.7. The maximum Gasteiger partial charge on any atom is 0.337 e. The summed E-state index contributed by atoms with van der Waals surface area (Å²) in [5.41, 5.74) is 1.16. The molecule has 3 aromatic rings. The normalized spacial score (nSPS) is 11.5. The molecule has 0 aliphatic rings. The van der Waals surface area contributed by atoms with Gasteiger partial charge in [-0.25, -0.2) is 4.79 Å². The fourth-order valence-corrected chi connectivity index (χ4v) is 3.73. The molecular weight excluding hydrogens is 400 g/mol. The van der Waals surface area contributed by atoms with Crippen molar-refractivity contribution < 1.29 is 28.6 Å². The number of aryl methyl sites for hydroxylation is 1. The Balaban J connectivity index is 2.17. The van der Waals surface area contributed by atoms with Crippen molar-refractivity contribution in [2.75, 3.05) is 21.3 Å². The Bertz CT molecular complexity index is 1170. The average Bonchev–Trinajstić information content (AvgIpc) is 3.26. The van der Waals surface area contributed by atoms with Gasteiger partial charge in [0.15, 0.2) is 4.80 Å². The zero-order chi connectivity index (χ0) is 21.1. The van der Waals surface area contributed by atoms with Crippen molar-refractivity contribution in [2.45, 2.75) is 6.54 Å². The van der Waals surface area contributed by atoms with Gasteiger partial charge in [0, 0.05) is 13.2 Å². The summed E-state index contributed by atoms with van der Waals surface area (Å²) in [5, 5.41) is 4.04. The lowest BCUT2D eigenvalue weighted by molar-refractivity contribution is -0.141. The smallest absolute Gasteiger partial charge is 0.337 e. The third-order valence-corrected chi connectivity index (χ3v) is 5.08. The van der Waals surface area contributed by atoms with Gasteiger partial charge >= 0.3 is 11.9 Å². The molecule has 0 aliphatic carbocycles. The number of nitrogens with zero attached hydrogens (tertiary/aromatic N) is 4. The van der Waals surface area contributed by atoms with E-state index < -0.39 is 17.8 Å². The third-order valence-electron chi connectivity index (χ3n) is 4.03. The van der Waals surface area contributed by atoms with Crippen molar-refractivity contribution in [2.24, 2.45) is 12.0 Å². The number of fused-ring (bicyclic) bond motifs is 1. The molecule has 0 atom stereocenters. The molecular formula is C18H18N4O6S. The summed E-state index contributed by atoms with van der Waals surface area (Å²) in [6, 6.07) is 4.85. The predicted molar refractivity (Wildman–Crippen MR) is 103 cm³/mol. The van der Waals surface area contributed by atoms with Crippen molar-refractivity contribution in [1.82, 2.24) is 14.3 Å². The lowest BCUT2D eigenvalue weighted by Crippen LogP contribution is -2.22.